The van der Waals surface area contributed by atoms with Crippen molar-refractivity contribution in [3.63, 3.8) is 0 Å². The van der Waals surface area contributed by atoms with Gasteiger partial charge in [-0.1, -0.05) is 6.07 Å². The highest BCUT2D eigenvalue weighted by atomic mass is 16.3. The number of phenolic OH excluding ortho intramolecular Hbond substituents is 1. The first kappa shape index (κ1) is 11.1. The first-order valence-electron chi connectivity index (χ1n) is 4.95. The van der Waals surface area contributed by atoms with E-state index in [0.717, 1.165) is 5.56 Å². The average Bonchev–Trinajstić information content (AvgIpc) is 2.75. The fraction of sp³-hybridized carbons (Fsp3) is 0.200. The monoisotopic (exact) mass is 233 g/mol. The lowest BCUT2D eigenvalue weighted by atomic mass is 10.2. The van der Waals surface area contributed by atoms with E-state index in [1.54, 1.807) is 18.2 Å². The van der Waals surface area contributed by atoms with E-state index < -0.39 is 0 Å². The van der Waals surface area contributed by atoms with Gasteiger partial charge in [0, 0.05) is 0 Å². The van der Waals surface area contributed by atoms with Crippen LogP contribution in [-0.2, 0) is 11.3 Å². The molecule has 88 valence electrons. The number of amides is 1. The Kier molecular flexibility index (Phi) is 2.99. The van der Waals surface area contributed by atoms with Crippen LogP contribution in [0.2, 0.25) is 0 Å². The lowest BCUT2D eigenvalue weighted by Crippen LogP contribution is -2.19. The maximum absolute atomic E-state index is 11.6. The Hall–Kier alpha value is -2.44. The molecule has 1 heterocycles. The molecule has 17 heavy (non-hydrogen) atoms. The predicted octanol–water partition coefficient (Wildman–Crippen LogP) is 0.326. The quantitative estimate of drug-likeness (QED) is 0.745. The average molecular weight is 233 g/mol. The fourth-order valence-electron chi connectivity index (χ4n) is 1.34. The molecule has 7 nitrogen and oxygen atoms in total. The van der Waals surface area contributed by atoms with Crippen molar-refractivity contribution in [2.75, 3.05) is 5.32 Å². The third-order valence-electron chi connectivity index (χ3n) is 2.12. The molecule has 0 spiro atoms. The van der Waals surface area contributed by atoms with Gasteiger partial charge in [-0.25, -0.2) is 4.68 Å². The number of rotatable bonds is 3. The van der Waals surface area contributed by atoms with Gasteiger partial charge < -0.3 is 10.4 Å². The van der Waals surface area contributed by atoms with Gasteiger partial charge in [0.15, 0.2) is 0 Å². The summed E-state index contributed by atoms with van der Waals surface area (Å²) in [6.07, 6.45) is 1.34. The molecule has 0 unspecified atom stereocenters. The first-order chi connectivity index (χ1) is 8.15. The SMILES string of the molecule is Cc1ccc(NC(=O)Cn2cnnn2)c(O)c1. The molecule has 2 aromatic rings. The van der Waals surface area contributed by atoms with Crippen molar-refractivity contribution in [2.45, 2.75) is 13.5 Å². The van der Waals surface area contributed by atoms with Crippen molar-refractivity contribution >= 4 is 11.6 Å². The third kappa shape index (κ3) is 2.77. The summed E-state index contributed by atoms with van der Waals surface area (Å²) in [5.41, 5.74) is 1.29. The van der Waals surface area contributed by atoms with Crippen LogP contribution >= 0.6 is 0 Å². The van der Waals surface area contributed by atoms with Gasteiger partial charge in [-0.3, -0.25) is 4.79 Å². The number of aromatic hydroxyl groups is 1. The van der Waals surface area contributed by atoms with Crippen molar-refractivity contribution < 1.29 is 9.90 Å². The zero-order chi connectivity index (χ0) is 12.3. The summed E-state index contributed by atoms with van der Waals surface area (Å²) in [5, 5.41) is 22.6. The summed E-state index contributed by atoms with van der Waals surface area (Å²) >= 11 is 0. The van der Waals surface area contributed by atoms with Crippen LogP contribution < -0.4 is 5.32 Å². The summed E-state index contributed by atoms with van der Waals surface area (Å²) in [6.45, 7) is 1.85. The molecule has 1 amide bonds. The Morgan fingerprint density at radius 1 is 1.53 bits per heavy atom. The van der Waals surface area contributed by atoms with Gasteiger partial charge in [-0.2, -0.15) is 0 Å². The first-order valence-corrected chi connectivity index (χ1v) is 4.95. The highest BCUT2D eigenvalue weighted by Gasteiger charge is 2.07. The maximum atomic E-state index is 11.6. The topological polar surface area (TPSA) is 92.9 Å². The minimum atomic E-state index is -0.309. The molecule has 2 rings (SSSR count). The van der Waals surface area contributed by atoms with E-state index in [9.17, 15) is 9.90 Å². The normalized spacial score (nSPS) is 10.2. The highest BCUT2D eigenvalue weighted by molar-refractivity contribution is 5.91. The number of benzene rings is 1. The van der Waals surface area contributed by atoms with Crippen LogP contribution in [0.3, 0.4) is 0 Å². The summed E-state index contributed by atoms with van der Waals surface area (Å²) in [5.74, 6) is -0.272. The van der Waals surface area contributed by atoms with Gasteiger partial charge >= 0.3 is 0 Å². The number of hydrogen-bond donors (Lipinski definition) is 2. The Labute approximate surface area is 97.1 Å². The molecule has 0 radical (unpaired) electrons. The van der Waals surface area contributed by atoms with Gasteiger partial charge in [0.2, 0.25) is 5.91 Å². The molecule has 2 N–H and O–H groups in total. The molecule has 1 aromatic carbocycles. The molecule has 0 saturated heterocycles. The van der Waals surface area contributed by atoms with Crippen LogP contribution in [-0.4, -0.2) is 31.2 Å². The van der Waals surface area contributed by atoms with E-state index in [2.05, 4.69) is 20.8 Å². The minimum Gasteiger partial charge on any atom is -0.506 e. The molecule has 0 bridgehead atoms. The highest BCUT2D eigenvalue weighted by Crippen LogP contribution is 2.23. The number of aromatic nitrogens is 4. The van der Waals surface area contributed by atoms with E-state index in [4.69, 9.17) is 0 Å². The second-order valence-corrected chi connectivity index (χ2v) is 3.58. The van der Waals surface area contributed by atoms with Gasteiger partial charge in [-0.15, -0.1) is 5.10 Å². The van der Waals surface area contributed by atoms with Gasteiger partial charge in [-0.05, 0) is 35.0 Å². The Balaban J connectivity index is 2.03. The summed E-state index contributed by atoms with van der Waals surface area (Å²) < 4.78 is 1.29. The molecular formula is C10H11N5O2. The van der Waals surface area contributed by atoms with Crippen LogP contribution in [0.15, 0.2) is 24.5 Å². The molecule has 7 heteroatoms. The molecule has 0 aliphatic rings. The molecule has 0 aliphatic heterocycles. The fourth-order valence-corrected chi connectivity index (χ4v) is 1.34. The van der Waals surface area contributed by atoms with Crippen molar-refractivity contribution in [2.24, 2.45) is 0 Å². The number of tetrazole rings is 1. The predicted molar refractivity (Wildman–Crippen MR) is 59.3 cm³/mol. The molecule has 0 atom stereocenters. The zero-order valence-electron chi connectivity index (χ0n) is 9.16. The molecule has 0 aliphatic carbocycles. The summed E-state index contributed by atoms with van der Waals surface area (Å²) in [4.78, 5) is 11.6. The number of nitrogens with one attached hydrogen (secondary N) is 1. The minimum absolute atomic E-state index is 0.000314. The van der Waals surface area contributed by atoms with Crippen LogP contribution in [0.25, 0.3) is 0 Å². The zero-order valence-corrected chi connectivity index (χ0v) is 9.16. The van der Waals surface area contributed by atoms with Gasteiger partial charge in [0.25, 0.3) is 0 Å². The van der Waals surface area contributed by atoms with Crippen molar-refractivity contribution in [1.29, 1.82) is 0 Å². The molecular weight excluding hydrogens is 222 g/mol. The van der Waals surface area contributed by atoms with Crippen LogP contribution in [0.4, 0.5) is 5.69 Å². The van der Waals surface area contributed by atoms with Crippen LogP contribution in [0.1, 0.15) is 5.56 Å². The Bertz CT molecular complexity index is 523. The van der Waals surface area contributed by atoms with E-state index in [-0.39, 0.29) is 18.2 Å². The Morgan fingerprint density at radius 2 is 2.35 bits per heavy atom. The van der Waals surface area contributed by atoms with Crippen LogP contribution in [0, 0.1) is 6.92 Å². The van der Waals surface area contributed by atoms with E-state index in [1.165, 1.54) is 11.0 Å². The summed E-state index contributed by atoms with van der Waals surface area (Å²) in [7, 11) is 0. The second-order valence-electron chi connectivity index (χ2n) is 3.58. The number of carbonyl (C=O) groups is 1. The smallest absolute Gasteiger partial charge is 0.246 e. The number of anilines is 1. The Morgan fingerprint density at radius 3 is 3.00 bits per heavy atom. The van der Waals surface area contributed by atoms with Crippen molar-refractivity contribution in [3.8, 4) is 5.75 Å². The number of hydrogen-bond acceptors (Lipinski definition) is 5. The molecule has 0 saturated carbocycles. The van der Waals surface area contributed by atoms with Gasteiger partial charge in [0.1, 0.15) is 18.6 Å². The maximum Gasteiger partial charge on any atom is 0.246 e. The number of aryl methyl sites for hydroxylation is 1. The third-order valence-corrected chi connectivity index (χ3v) is 2.12. The van der Waals surface area contributed by atoms with Gasteiger partial charge in [0.05, 0.1) is 5.69 Å². The van der Waals surface area contributed by atoms with E-state index in [0.29, 0.717) is 5.69 Å². The number of carbonyl (C=O) groups excluding carboxylic acids is 1. The molecule has 1 aromatic heterocycles. The van der Waals surface area contributed by atoms with Crippen LogP contribution in [0.5, 0.6) is 5.75 Å². The lowest BCUT2D eigenvalue weighted by Gasteiger charge is -2.07. The van der Waals surface area contributed by atoms with E-state index in [1.807, 2.05) is 6.92 Å². The second kappa shape index (κ2) is 4.60. The number of phenols is 1. The standard InChI is InChI=1S/C10H11N5O2/c1-7-2-3-8(9(16)4-7)12-10(17)5-15-6-11-13-14-15/h2-4,6,16H,5H2,1H3,(H,12,17). The largest absolute Gasteiger partial charge is 0.506 e. The van der Waals surface area contributed by atoms with E-state index >= 15 is 0 Å². The molecule has 0 fully saturated rings. The van der Waals surface area contributed by atoms with Crippen molar-refractivity contribution in [3.05, 3.63) is 30.1 Å². The number of nitrogens with zero attached hydrogens (tertiary/aromatic N) is 4. The lowest BCUT2D eigenvalue weighted by molar-refractivity contribution is -0.116. The summed E-state index contributed by atoms with van der Waals surface area (Å²) in [6, 6.07) is 5.02. The van der Waals surface area contributed by atoms with Crippen molar-refractivity contribution in [1.82, 2.24) is 20.2 Å².